The summed E-state index contributed by atoms with van der Waals surface area (Å²) in [6.07, 6.45) is 63.8. The lowest BCUT2D eigenvalue weighted by Gasteiger charge is -2.20. The molecule has 380 valence electrons. The standard InChI is InChI=1S/C58H113NO5/c1-3-5-7-9-11-13-15-17-28-32-36-40-44-48-52-58(63)64-53-49-45-41-37-33-29-25-23-21-19-18-20-22-24-27-31-35-39-43-47-51-57(62)59-55(54-60)56(61)50-46-42-38-34-30-26-16-14-12-10-8-6-4-2/h46,50,55-56,60-61H,3-45,47-49,51-54H2,1-2H3,(H,59,62)/b50-46+. The second-order valence-electron chi connectivity index (χ2n) is 20.0. The Hall–Kier alpha value is -1.40. The van der Waals surface area contributed by atoms with Crippen molar-refractivity contribution in [1.82, 2.24) is 5.32 Å². The van der Waals surface area contributed by atoms with Gasteiger partial charge in [-0.2, -0.15) is 0 Å². The highest BCUT2D eigenvalue weighted by molar-refractivity contribution is 5.76. The van der Waals surface area contributed by atoms with Crippen LogP contribution in [0.25, 0.3) is 0 Å². The number of ether oxygens (including phenoxy) is 1. The minimum atomic E-state index is -0.844. The summed E-state index contributed by atoms with van der Waals surface area (Å²) in [5, 5.41) is 23.1. The van der Waals surface area contributed by atoms with Gasteiger partial charge in [0.25, 0.3) is 0 Å². The molecule has 0 aliphatic rings. The first-order valence-electron chi connectivity index (χ1n) is 29.0. The summed E-state index contributed by atoms with van der Waals surface area (Å²) in [6, 6.07) is -0.627. The van der Waals surface area contributed by atoms with Crippen molar-refractivity contribution in [1.29, 1.82) is 0 Å². The number of hydrogen-bond donors (Lipinski definition) is 3. The molecule has 0 aliphatic heterocycles. The van der Waals surface area contributed by atoms with Crippen LogP contribution in [0.5, 0.6) is 0 Å². The molecule has 1 amide bonds. The highest BCUT2D eigenvalue weighted by Crippen LogP contribution is 2.17. The molecule has 0 spiro atoms. The molecule has 64 heavy (non-hydrogen) atoms. The van der Waals surface area contributed by atoms with Crippen LogP contribution in [0.2, 0.25) is 0 Å². The van der Waals surface area contributed by atoms with E-state index in [0.717, 1.165) is 38.5 Å². The number of rotatable bonds is 54. The van der Waals surface area contributed by atoms with Crippen molar-refractivity contribution in [3.63, 3.8) is 0 Å². The van der Waals surface area contributed by atoms with E-state index in [2.05, 4.69) is 19.2 Å². The van der Waals surface area contributed by atoms with E-state index in [1.165, 1.54) is 257 Å². The molecule has 0 fully saturated rings. The normalized spacial score (nSPS) is 12.6. The van der Waals surface area contributed by atoms with Gasteiger partial charge < -0.3 is 20.3 Å². The van der Waals surface area contributed by atoms with Crippen molar-refractivity contribution in [2.24, 2.45) is 0 Å². The van der Waals surface area contributed by atoms with Crippen LogP contribution in [0.3, 0.4) is 0 Å². The Bertz CT molecular complexity index is 955. The monoisotopic (exact) mass is 904 g/mol. The van der Waals surface area contributed by atoms with Gasteiger partial charge in [-0.15, -0.1) is 0 Å². The van der Waals surface area contributed by atoms with E-state index in [9.17, 15) is 19.8 Å². The molecular formula is C58H113NO5. The molecule has 0 radical (unpaired) electrons. The number of aliphatic hydroxyl groups is 2. The number of allylic oxidation sites excluding steroid dienone is 1. The zero-order valence-corrected chi connectivity index (χ0v) is 43.3. The minimum absolute atomic E-state index is 0.0125. The van der Waals surface area contributed by atoms with Crippen molar-refractivity contribution in [3.8, 4) is 0 Å². The molecule has 0 saturated heterocycles. The van der Waals surface area contributed by atoms with E-state index in [0.29, 0.717) is 19.4 Å². The Balaban J connectivity index is 3.39. The molecule has 3 N–H and O–H groups in total. The van der Waals surface area contributed by atoms with Crippen LogP contribution < -0.4 is 5.32 Å². The Morgan fingerprint density at radius 1 is 0.422 bits per heavy atom. The van der Waals surface area contributed by atoms with Gasteiger partial charge >= 0.3 is 5.97 Å². The van der Waals surface area contributed by atoms with Crippen molar-refractivity contribution >= 4 is 11.9 Å². The molecule has 6 heteroatoms. The second-order valence-corrected chi connectivity index (χ2v) is 20.0. The first kappa shape index (κ1) is 62.6. The molecule has 0 aromatic heterocycles. The number of amides is 1. The highest BCUT2D eigenvalue weighted by atomic mass is 16.5. The maximum atomic E-state index is 12.4. The summed E-state index contributed by atoms with van der Waals surface area (Å²) in [5.74, 6) is -0.0562. The predicted molar refractivity (Wildman–Crippen MR) is 278 cm³/mol. The minimum Gasteiger partial charge on any atom is -0.466 e. The smallest absolute Gasteiger partial charge is 0.305 e. The van der Waals surface area contributed by atoms with Gasteiger partial charge in [0, 0.05) is 12.8 Å². The van der Waals surface area contributed by atoms with Crippen molar-refractivity contribution in [3.05, 3.63) is 12.2 Å². The van der Waals surface area contributed by atoms with Crippen LogP contribution in [0, 0.1) is 0 Å². The highest BCUT2D eigenvalue weighted by Gasteiger charge is 2.18. The molecule has 0 aromatic carbocycles. The molecule has 0 heterocycles. The molecule has 0 aliphatic carbocycles. The SMILES string of the molecule is CCCCCCCCCCCCC/C=C/C(O)C(CO)NC(=O)CCCCCCCCCCCCCCCCCCCCCCOC(=O)CCCCCCCCCCCCCCCC. The quantitative estimate of drug-likeness (QED) is 0.0321. The predicted octanol–water partition coefficient (Wildman–Crippen LogP) is 17.7. The van der Waals surface area contributed by atoms with Gasteiger partial charge in [0.2, 0.25) is 5.91 Å². The zero-order chi connectivity index (χ0) is 46.5. The largest absolute Gasteiger partial charge is 0.466 e. The summed E-state index contributed by atoms with van der Waals surface area (Å²) >= 11 is 0. The summed E-state index contributed by atoms with van der Waals surface area (Å²) in [4.78, 5) is 24.5. The molecule has 2 atom stereocenters. The van der Waals surface area contributed by atoms with Gasteiger partial charge in [-0.25, -0.2) is 0 Å². The Morgan fingerprint density at radius 3 is 1.06 bits per heavy atom. The summed E-state index contributed by atoms with van der Waals surface area (Å²) in [6.45, 7) is 4.91. The fourth-order valence-corrected chi connectivity index (χ4v) is 9.11. The number of aliphatic hydroxyl groups excluding tert-OH is 2. The maximum Gasteiger partial charge on any atom is 0.305 e. The molecule has 0 saturated carbocycles. The van der Waals surface area contributed by atoms with Crippen molar-refractivity contribution in [2.75, 3.05) is 13.2 Å². The van der Waals surface area contributed by atoms with E-state index >= 15 is 0 Å². The van der Waals surface area contributed by atoms with Crippen LogP contribution in [-0.2, 0) is 14.3 Å². The average Bonchev–Trinajstić information content (AvgIpc) is 3.29. The van der Waals surface area contributed by atoms with E-state index in [4.69, 9.17) is 4.74 Å². The fraction of sp³-hybridized carbons (Fsp3) is 0.931. The van der Waals surface area contributed by atoms with Gasteiger partial charge in [-0.05, 0) is 32.1 Å². The number of carbonyl (C=O) groups is 2. The van der Waals surface area contributed by atoms with Gasteiger partial charge in [-0.1, -0.05) is 289 Å². The Kier molecular flexibility index (Phi) is 53.0. The van der Waals surface area contributed by atoms with Gasteiger partial charge in [0.1, 0.15) is 0 Å². The summed E-state index contributed by atoms with van der Waals surface area (Å²) in [5.41, 5.74) is 0. The topological polar surface area (TPSA) is 95.9 Å². The Morgan fingerprint density at radius 2 is 0.719 bits per heavy atom. The number of carbonyl (C=O) groups excluding carboxylic acids is 2. The molecule has 2 unspecified atom stereocenters. The van der Waals surface area contributed by atoms with Gasteiger partial charge in [0.05, 0.1) is 25.4 Å². The van der Waals surface area contributed by atoms with Crippen LogP contribution in [-0.4, -0.2) is 47.4 Å². The van der Waals surface area contributed by atoms with Crippen LogP contribution in [0.1, 0.15) is 322 Å². The molecule has 0 bridgehead atoms. The molecular weight excluding hydrogens is 791 g/mol. The number of nitrogens with one attached hydrogen (secondary N) is 1. The first-order chi connectivity index (χ1) is 31.5. The lowest BCUT2D eigenvalue weighted by molar-refractivity contribution is -0.143. The third kappa shape index (κ3) is 50.0. The lowest BCUT2D eigenvalue weighted by atomic mass is 10.0. The molecule has 0 aromatic rings. The zero-order valence-electron chi connectivity index (χ0n) is 43.3. The van der Waals surface area contributed by atoms with Gasteiger partial charge in [-0.3, -0.25) is 9.59 Å². The summed E-state index contributed by atoms with van der Waals surface area (Å²) in [7, 11) is 0. The van der Waals surface area contributed by atoms with E-state index < -0.39 is 12.1 Å². The maximum absolute atomic E-state index is 12.4. The van der Waals surface area contributed by atoms with E-state index in [1.54, 1.807) is 6.08 Å². The number of hydrogen-bond acceptors (Lipinski definition) is 5. The fourth-order valence-electron chi connectivity index (χ4n) is 9.11. The van der Waals surface area contributed by atoms with Crippen molar-refractivity contribution in [2.45, 2.75) is 334 Å². The lowest BCUT2D eigenvalue weighted by Crippen LogP contribution is -2.45. The number of esters is 1. The van der Waals surface area contributed by atoms with Crippen LogP contribution in [0.4, 0.5) is 0 Å². The Labute approximate surface area is 399 Å². The third-order valence-corrected chi connectivity index (χ3v) is 13.6. The average molecular weight is 905 g/mol. The van der Waals surface area contributed by atoms with Gasteiger partial charge in [0.15, 0.2) is 0 Å². The second kappa shape index (κ2) is 54.2. The number of unbranched alkanes of at least 4 members (excludes halogenated alkanes) is 43. The molecule has 6 nitrogen and oxygen atoms in total. The molecule has 0 rings (SSSR count). The van der Waals surface area contributed by atoms with E-state index in [-0.39, 0.29) is 18.5 Å². The van der Waals surface area contributed by atoms with E-state index in [1.807, 2.05) is 6.08 Å². The van der Waals surface area contributed by atoms with Crippen LogP contribution >= 0.6 is 0 Å². The third-order valence-electron chi connectivity index (χ3n) is 13.6. The first-order valence-corrected chi connectivity index (χ1v) is 29.0. The van der Waals surface area contributed by atoms with Crippen LogP contribution in [0.15, 0.2) is 12.2 Å². The summed E-state index contributed by atoms with van der Waals surface area (Å²) < 4.78 is 5.48. The van der Waals surface area contributed by atoms with Crippen molar-refractivity contribution < 1.29 is 24.5 Å².